The molecule has 0 N–H and O–H groups in total. The monoisotopic (exact) mass is 413 g/mol. The molecule has 2 fully saturated rings. The zero-order valence-corrected chi connectivity index (χ0v) is 17.9. The van der Waals surface area contributed by atoms with Gasteiger partial charge in [-0.1, -0.05) is 12.1 Å². The molecule has 0 spiro atoms. The highest BCUT2D eigenvalue weighted by atomic mass is 16.5. The van der Waals surface area contributed by atoms with Crippen LogP contribution in [0.4, 0.5) is 0 Å². The Bertz CT molecular complexity index is 773. The van der Waals surface area contributed by atoms with Crippen LogP contribution in [0, 0.1) is 5.92 Å². The van der Waals surface area contributed by atoms with Gasteiger partial charge in [0.2, 0.25) is 5.91 Å². The third-order valence-electron chi connectivity index (χ3n) is 6.41. The van der Waals surface area contributed by atoms with E-state index in [1.165, 1.54) is 4.90 Å². The second-order valence-electron chi connectivity index (χ2n) is 8.86. The molecule has 3 heterocycles. The standard InChI is InChI=1S/C23H31N3O4/c1-16-13-24(14-17(2)30-16)15-18-7-10-25(11-8-18)21(27)9-12-26-22(28)19-5-3-4-6-20(19)23(26)29/h3-6,16-18H,7-15H2,1-2H3. The third kappa shape index (κ3) is 4.42. The van der Waals surface area contributed by atoms with Gasteiger partial charge in [0.15, 0.2) is 0 Å². The molecule has 0 aromatic heterocycles. The molecule has 162 valence electrons. The lowest BCUT2D eigenvalue weighted by Gasteiger charge is -2.39. The summed E-state index contributed by atoms with van der Waals surface area (Å²) in [5.41, 5.74) is 0.866. The van der Waals surface area contributed by atoms with Crippen molar-refractivity contribution >= 4 is 17.7 Å². The molecular formula is C23H31N3O4. The quantitative estimate of drug-likeness (QED) is 0.691. The highest BCUT2D eigenvalue weighted by Crippen LogP contribution is 2.24. The molecule has 30 heavy (non-hydrogen) atoms. The molecule has 1 aromatic carbocycles. The van der Waals surface area contributed by atoms with Gasteiger partial charge in [-0.2, -0.15) is 0 Å². The van der Waals surface area contributed by atoms with Gasteiger partial charge in [-0.05, 0) is 44.7 Å². The Labute approximate surface area is 177 Å². The number of fused-ring (bicyclic) bond motifs is 1. The van der Waals surface area contributed by atoms with Gasteiger partial charge < -0.3 is 9.64 Å². The molecule has 0 aliphatic carbocycles. The summed E-state index contributed by atoms with van der Waals surface area (Å²) in [5.74, 6) is 0.0357. The van der Waals surface area contributed by atoms with Gasteiger partial charge in [0.05, 0.1) is 23.3 Å². The van der Waals surface area contributed by atoms with Crippen molar-refractivity contribution < 1.29 is 19.1 Å². The molecule has 2 unspecified atom stereocenters. The number of carbonyl (C=O) groups excluding carboxylic acids is 3. The zero-order valence-electron chi connectivity index (χ0n) is 17.9. The van der Waals surface area contributed by atoms with Crippen LogP contribution in [0.3, 0.4) is 0 Å². The number of rotatable bonds is 5. The SMILES string of the molecule is CC1CN(CC2CCN(C(=O)CCN3C(=O)c4ccccc4C3=O)CC2)CC(C)O1. The van der Waals surface area contributed by atoms with E-state index in [4.69, 9.17) is 4.74 Å². The average Bonchev–Trinajstić information content (AvgIpc) is 2.96. The fourth-order valence-corrected chi connectivity index (χ4v) is 4.97. The van der Waals surface area contributed by atoms with Gasteiger partial charge in [0, 0.05) is 45.7 Å². The maximum Gasteiger partial charge on any atom is 0.261 e. The van der Waals surface area contributed by atoms with Crippen LogP contribution in [0.15, 0.2) is 24.3 Å². The fourth-order valence-electron chi connectivity index (χ4n) is 4.97. The summed E-state index contributed by atoms with van der Waals surface area (Å²) in [6.07, 6.45) is 2.74. The molecular weight excluding hydrogens is 382 g/mol. The van der Waals surface area contributed by atoms with Gasteiger partial charge in [-0.25, -0.2) is 0 Å². The minimum atomic E-state index is -0.295. The Morgan fingerprint density at radius 2 is 1.57 bits per heavy atom. The number of piperidine rings is 1. The van der Waals surface area contributed by atoms with Crippen molar-refractivity contribution in [3.8, 4) is 0 Å². The summed E-state index contributed by atoms with van der Waals surface area (Å²) in [6.45, 7) is 8.91. The average molecular weight is 414 g/mol. The third-order valence-corrected chi connectivity index (χ3v) is 6.41. The van der Waals surface area contributed by atoms with E-state index < -0.39 is 0 Å². The summed E-state index contributed by atoms with van der Waals surface area (Å²) >= 11 is 0. The van der Waals surface area contributed by atoms with Gasteiger partial charge in [-0.15, -0.1) is 0 Å². The van der Waals surface area contributed by atoms with E-state index >= 15 is 0 Å². The number of likely N-dealkylation sites (tertiary alicyclic amines) is 1. The largest absolute Gasteiger partial charge is 0.373 e. The van der Waals surface area contributed by atoms with Crippen molar-refractivity contribution in [3.05, 3.63) is 35.4 Å². The first-order chi connectivity index (χ1) is 14.4. The Morgan fingerprint density at radius 1 is 1.00 bits per heavy atom. The molecule has 2 atom stereocenters. The maximum atomic E-state index is 12.7. The molecule has 1 aromatic rings. The van der Waals surface area contributed by atoms with Crippen LogP contribution in [-0.4, -0.2) is 83.9 Å². The van der Waals surface area contributed by atoms with Crippen LogP contribution in [0.1, 0.15) is 53.8 Å². The molecule has 7 heteroatoms. The number of morpholine rings is 1. The van der Waals surface area contributed by atoms with Gasteiger partial charge in [0.1, 0.15) is 0 Å². The highest BCUT2D eigenvalue weighted by Gasteiger charge is 2.35. The van der Waals surface area contributed by atoms with Crippen molar-refractivity contribution in [1.82, 2.24) is 14.7 Å². The summed E-state index contributed by atoms with van der Waals surface area (Å²) in [6, 6.07) is 6.83. The first-order valence-corrected chi connectivity index (χ1v) is 11.0. The Balaban J connectivity index is 1.23. The van der Waals surface area contributed by atoms with E-state index in [0.29, 0.717) is 17.0 Å². The predicted octanol–water partition coefficient (Wildman–Crippen LogP) is 2.02. The lowest BCUT2D eigenvalue weighted by Crippen LogP contribution is -2.49. The number of nitrogens with zero attached hydrogens (tertiary/aromatic N) is 3. The van der Waals surface area contributed by atoms with E-state index in [-0.39, 0.29) is 42.9 Å². The number of imide groups is 1. The highest BCUT2D eigenvalue weighted by molar-refractivity contribution is 6.21. The second-order valence-corrected chi connectivity index (χ2v) is 8.86. The van der Waals surface area contributed by atoms with E-state index in [9.17, 15) is 14.4 Å². The molecule has 0 radical (unpaired) electrons. The minimum Gasteiger partial charge on any atom is -0.373 e. The first-order valence-electron chi connectivity index (χ1n) is 11.0. The van der Waals surface area contributed by atoms with Crippen LogP contribution in [0.2, 0.25) is 0 Å². The summed E-state index contributed by atoms with van der Waals surface area (Å²) < 4.78 is 5.81. The van der Waals surface area contributed by atoms with Crippen molar-refractivity contribution in [2.24, 2.45) is 5.92 Å². The Hall–Kier alpha value is -2.25. The molecule has 7 nitrogen and oxygen atoms in total. The van der Waals surface area contributed by atoms with Gasteiger partial charge in [0.25, 0.3) is 11.8 Å². The van der Waals surface area contributed by atoms with Crippen molar-refractivity contribution in [2.75, 3.05) is 39.3 Å². The predicted molar refractivity (Wildman–Crippen MR) is 112 cm³/mol. The van der Waals surface area contributed by atoms with Crippen LogP contribution in [0.5, 0.6) is 0 Å². The topological polar surface area (TPSA) is 70.2 Å². The number of carbonyl (C=O) groups is 3. The molecule has 2 saturated heterocycles. The van der Waals surface area contributed by atoms with Crippen LogP contribution in [0.25, 0.3) is 0 Å². The van der Waals surface area contributed by atoms with Crippen molar-refractivity contribution in [1.29, 1.82) is 0 Å². The lowest BCUT2D eigenvalue weighted by atomic mass is 9.95. The van der Waals surface area contributed by atoms with Gasteiger partial charge in [-0.3, -0.25) is 24.2 Å². The van der Waals surface area contributed by atoms with Crippen molar-refractivity contribution in [3.63, 3.8) is 0 Å². The van der Waals surface area contributed by atoms with Gasteiger partial charge >= 0.3 is 0 Å². The lowest BCUT2D eigenvalue weighted by molar-refractivity contribution is -0.132. The number of amides is 3. The second kappa shape index (κ2) is 8.86. The Kier molecular flexibility index (Phi) is 6.20. The molecule has 3 aliphatic heterocycles. The number of ether oxygens (including phenoxy) is 1. The smallest absolute Gasteiger partial charge is 0.261 e. The van der Waals surface area contributed by atoms with Crippen LogP contribution >= 0.6 is 0 Å². The number of hydrogen-bond donors (Lipinski definition) is 0. The van der Waals surface area contributed by atoms with Crippen LogP contribution in [-0.2, 0) is 9.53 Å². The molecule has 4 rings (SSSR count). The zero-order chi connectivity index (χ0) is 21.3. The number of benzene rings is 1. The normalized spacial score (nSPS) is 25.7. The molecule has 3 aliphatic rings. The number of hydrogen-bond acceptors (Lipinski definition) is 5. The van der Waals surface area contributed by atoms with E-state index in [1.54, 1.807) is 24.3 Å². The van der Waals surface area contributed by atoms with Crippen molar-refractivity contribution in [2.45, 2.75) is 45.3 Å². The van der Waals surface area contributed by atoms with Crippen LogP contribution < -0.4 is 0 Å². The summed E-state index contributed by atoms with van der Waals surface area (Å²) in [5, 5.41) is 0. The van der Waals surface area contributed by atoms with E-state index in [0.717, 1.165) is 45.6 Å². The summed E-state index contributed by atoms with van der Waals surface area (Å²) in [4.78, 5) is 43.1. The van der Waals surface area contributed by atoms with E-state index in [2.05, 4.69) is 18.7 Å². The molecule has 3 amide bonds. The Morgan fingerprint density at radius 3 is 2.13 bits per heavy atom. The summed E-state index contributed by atoms with van der Waals surface area (Å²) in [7, 11) is 0. The molecule has 0 saturated carbocycles. The minimum absolute atomic E-state index is 0.0265. The molecule has 0 bridgehead atoms. The maximum absolute atomic E-state index is 12.7. The van der Waals surface area contributed by atoms with E-state index in [1.807, 2.05) is 4.90 Å². The fraction of sp³-hybridized carbons (Fsp3) is 0.609. The first kappa shape index (κ1) is 21.0.